The van der Waals surface area contributed by atoms with Crippen LogP contribution in [-0.2, 0) is 24.8 Å². The van der Waals surface area contributed by atoms with Crippen LogP contribution in [0.15, 0.2) is 42.5 Å². The maximum atomic E-state index is 12.5. The first-order valence-corrected chi connectivity index (χ1v) is 8.30. The van der Waals surface area contributed by atoms with Gasteiger partial charge in [0.05, 0.1) is 24.0 Å². The maximum absolute atomic E-state index is 12.5. The van der Waals surface area contributed by atoms with Gasteiger partial charge in [-0.15, -0.1) is 0 Å². The lowest BCUT2D eigenvalue weighted by Crippen LogP contribution is -2.29. The number of carbonyl (C=O) groups excluding carboxylic acids is 1. The van der Waals surface area contributed by atoms with Gasteiger partial charge in [0.15, 0.2) is 0 Å². The first kappa shape index (κ1) is 16.8. The van der Waals surface area contributed by atoms with Gasteiger partial charge in [-0.25, -0.2) is 4.98 Å². The van der Waals surface area contributed by atoms with Crippen LogP contribution in [0.5, 0.6) is 0 Å². The van der Waals surface area contributed by atoms with Gasteiger partial charge in [0.25, 0.3) is 0 Å². The molecule has 4 nitrogen and oxygen atoms in total. The molecule has 3 rings (SSSR count). The molecule has 1 amide bonds. The summed E-state index contributed by atoms with van der Waals surface area (Å²) >= 11 is 12.3. The number of aryl methyl sites for hydroxylation is 1. The van der Waals surface area contributed by atoms with Crippen molar-refractivity contribution in [2.75, 3.05) is 7.05 Å². The number of nitrogens with zero attached hydrogens (tertiary/aromatic N) is 3. The number of fused-ring (bicyclic) bond motifs is 1. The second-order valence-electron chi connectivity index (χ2n) is 5.70. The van der Waals surface area contributed by atoms with Crippen LogP contribution in [0.25, 0.3) is 11.0 Å². The Kier molecular flexibility index (Phi) is 4.78. The van der Waals surface area contributed by atoms with Gasteiger partial charge in [0, 0.05) is 24.1 Å². The zero-order chi connectivity index (χ0) is 17.3. The minimum absolute atomic E-state index is 0.0583. The van der Waals surface area contributed by atoms with Crippen molar-refractivity contribution in [2.24, 2.45) is 7.05 Å². The fraction of sp³-hybridized carbons (Fsp3) is 0.222. The minimum Gasteiger partial charge on any atom is -0.338 e. The zero-order valence-corrected chi connectivity index (χ0v) is 15.0. The van der Waals surface area contributed by atoms with Crippen molar-refractivity contribution in [3.8, 4) is 0 Å². The van der Waals surface area contributed by atoms with Crippen LogP contribution in [0, 0.1) is 0 Å². The molecule has 1 aromatic heterocycles. The SMILES string of the molecule is CN(Cc1nc2ccccc2n1C)C(=O)Cc1c(Cl)cccc1Cl. The van der Waals surface area contributed by atoms with Crippen LogP contribution in [0.4, 0.5) is 0 Å². The predicted octanol–water partition coefficient (Wildman–Crippen LogP) is 4.08. The van der Waals surface area contributed by atoms with Crippen molar-refractivity contribution in [3.05, 3.63) is 63.9 Å². The fourth-order valence-electron chi connectivity index (χ4n) is 2.62. The van der Waals surface area contributed by atoms with E-state index < -0.39 is 0 Å². The van der Waals surface area contributed by atoms with Crippen molar-refractivity contribution in [2.45, 2.75) is 13.0 Å². The molecule has 2 aromatic carbocycles. The van der Waals surface area contributed by atoms with Crippen LogP contribution in [0.3, 0.4) is 0 Å². The van der Waals surface area contributed by atoms with E-state index >= 15 is 0 Å². The van der Waals surface area contributed by atoms with Crippen molar-refractivity contribution in [3.63, 3.8) is 0 Å². The normalized spacial score (nSPS) is 11.0. The molecule has 0 radical (unpaired) electrons. The third-order valence-electron chi connectivity index (χ3n) is 4.07. The monoisotopic (exact) mass is 361 g/mol. The molecule has 0 saturated carbocycles. The van der Waals surface area contributed by atoms with Crippen LogP contribution in [0.2, 0.25) is 10.0 Å². The molecule has 0 atom stereocenters. The summed E-state index contributed by atoms with van der Waals surface area (Å²) in [7, 11) is 3.71. The Morgan fingerprint density at radius 3 is 2.46 bits per heavy atom. The highest BCUT2D eigenvalue weighted by molar-refractivity contribution is 6.36. The van der Waals surface area contributed by atoms with E-state index in [1.165, 1.54) is 0 Å². The van der Waals surface area contributed by atoms with E-state index in [9.17, 15) is 4.79 Å². The number of hydrogen-bond donors (Lipinski definition) is 0. The summed E-state index contributed by atoms with van der Waals surface area (Å²) < 4.78 is 2.00. The van der Waals surface area contributed by atoms with E-state index in [-0.39, 0.29) is 12.3 Å². The van der Waals surface area contributed by atoms with Gasteiger partial charge in [-0.1, -0.05) is 41.4 Å². The Labute approximate surface area is 150 Å². The Morgan fingerprint density at radius 1 is 1.12 bits per heavy atom. The van der Waals surface area contributed by atoms with Crippen LogP contribution in [-0.4, -0.2) is 27.4 Å². The molecular weight excluding hydrogens is 345 g/mol. The van der Waals surface area contributed by atoms with Crippen LogP contribution < -0.4 is 0 Å². The lowest BCUT2D eigenvalue weighted by Gasteiger charge is -2.18. The molecular formula is C18H17Cl2N3O. The maximum Gasteiger partial charge on any atom is 0.227 e. The fourth-order valence-corrected chi connectivity index (χ4v) is 3.16. The van der Waals surface area contributed by atoms with Gasteiger partial charge >= 0.3 is 0 Å². The Hall–Kier alpha value is -2.04. The third-order valence-corrected chi connectivity index (χ3v) is 4.78. The van der Waals surface area contributed by atoms with E-state index in [1.54, 1.807) is 30.1 Å². The third kappa shape index (κ3) is 3.25. The van der Waals surface area contributed by atoms with Crippen molar-refractivity contribution >= 4 is 40.1 Å². The molecule has 1 heterocycles. The predicted molar refractivity (Wildman–Crippen MR) is 97.4 cm³/mol. The van der Waals surface area contributed by atoms with Crippen LogP contribution in [0.1, 0.15) is 11.4 Å². The highest BCUT2D eigenvalue weighted by Crippen LogP contribution is 2.25. The van der Waals surface area contributed by atoms with E-state index in [2.05, 4.69) is 4.98 Å². The van der Waals surface area contributed by atoms with Gasteiger partial charge in [-0.2, -0.15) is 0 Å². The molecule has 0 aliphatic rings. The van der Waals surface area contributed by atoms with E-state index in [1.807, 2.05) is 35.9 Å². The number of rotatable bonds is 4. The quantitative estimate of drug-likeness (QED) is 0.701. The topological polar surface area (TPSA) is 38.1 Å². The molecule has 124 valence electrons. The lowest BCUT2D eigenvalue weighted by molar-refractivity contribution is -0.129. The summed E-state index contributed by atoms with van der Waals surface area (Å²) in [5.74, 6) is 0.773. The summed E-state index contributed by atoms with van der Waals surface area (Å²) in [4.78, 5) is 18.8. The molecule has 3 aromatic rings. The highest BCUT2D eigenvalue weighted by atomic mass is 35.5. The van der Waals surface area contributed by atoms with E-state index in [0.29, 0.717) is 22.2 Å². The van der Waals surface area contributed by atoms with Gasteiger partial charge in [-0.05, 0) is 29.8 Å². The first-order chi connectivity index (χ1) is 11.5. The molecule has 0 aliphatic heterocycles. The number of halogens is 2. The van der Waals surface area contributed by atoms with Crippen molar-refractivity contribution < 1.29 is 4.79 Å². The molecule has 0 aliphatic carbocycles. The van der Waals surface area contributed by atoms with Gasteiger partial charge in [0.1, 0.15) is 5.82 Å². The number of imidazole rings is 1. The van der Waals surface area contributed by atoms with Crippen LogP contribution >= 0.6 is 23.2 Å². The van der Waals surface area contributed by atoms with E-state index in [4.69, 9.17) is 23.2 Å². The minimum atomic E-state index is -0.0583. The largest absolute Gasteiger partial charge is 0.338 e. The molecule has 6 heteroatoms. The van der Waals surface area contributed by atoms with Gasteiger partial charge in [0.2, 0.25) is 5.91 Å². The summed E-state index contributed by atoms with van der Waals surface area (Å²) in [6, 6.07) is 13.1. The zero-order valence-electron chi connectivity index (χ0n) is 13.5. The van der Waals surface area contributed by atoms with Gasteiger partial charge < -0.3 is 9.47 Å². The van der Waals surface area contributed by atoms with Gasteiger partial charge in [-0.3, -0.25) is 4.79 Å². The number of carbonyl (C=O) groups is 1. The number of benzene rings is 2. The molecule has 0 fully saturated rings. The second-order valence-corrected chi connectivity index (χ2v) is 6.52. The molecule has 0 N–H and O–H groups in total. The average molecular weight is 362 g/mol. The number of para-hydroxylation sites is 2. The first-order valence-electron chi connectivity index (χ1n) is 7.54. The standard InChI is InChI=1S/C18H17Cl2N3O/c1-22(18(24)10-12-13(19)6-5-7-14(12)20)11-17-21-15-8-3-4-9-16(15)23(17)2/h3-9H,10-11H2,1-2H3. The summed E-state index contributed by atoms with van der Waals surface area (Å²) in [6.45, 7) is 0.423. The van der Waals surface area contributed by atoms with Crippen molar-refractivity contribution in [1.82, 2.24) is 14.5 Å². The Morgan fingerprint density at radius 2 is 1.79 bits per heavy atom. The Balaban J connectivity index is 1.77. The average Bonchev–Trinajstić information content (AvgIpc) is 2.87. The number of hydrogen-bond acceptors (Lipinski definition) is 2. The molecule has 0 unspecified atom stereocenters. The highest BCUT2D eigenvalue weighted by Gasteiger charge is 2.17. The summed E-state index contributed by atoms with van der Waals surface area (Å²) in [6.07, 6.45) is 0.166. The smallest absolute Gasteiger partial charge is 0.227 e. The number of amides is 1. The van der Waals surface area contributed by atoms with Crippen molar-refractivity contribution in [1.29, 1.82) is 0 Å². The lowest BCUT2D eigenvalue weighted by atomic mass is 10.1. The molecule has 0 spiro atoms. The molecule has 24 heavy (non-hydrogen) atoms. The molecule has 0 saturated heterocycles. The summed E-state index contributed by atoms with van der Waals surface area (Å²) in [5, 5.41) is 1.01. The number of likely N-dealkylation sites (N-methyl/N-ethyl adjacent to an activating group) is 1. The number of aromatic nitrogens is 2. The molecule has 0 bridgehead atoms. The second kappa shape index (κ2) is 6.83. The Bertz CT molecular complexity index is 884. The van der Waals surface area contributed by atoms with E-state index in [0.717, 1.165) is 16.9 Å². The summed E-state index contributed by atoms with van der Waals surface area (Å²) in [5.41, 5.74) is 2.62.